The zero-order valence-electron chi connectivity index (χ0n) is 6.78. The summed E-state index contributed by atoms with van der Waals surface area (Å²) in [5, 5.41) is 0. The normalized spacial score (nSPS) is 11.9. The highest BCUT2D eigenvalue weighted by Gasteiger charge is 2.12. The Morgan fingerprint density at radius 2 is 2.25 bits per heavy atom. The first kappa shape index (κ1) is 9.18. The van der Waals surface area contributed by atoms with Crippen molar-refractivity contribution in [3.8, 4) is 0 Å². The fourth-order valence-corrected chi connectivity index (χ4v) is 1.48. The van der Waals surface area contributed by atoms with Gasteiger partial charge in [0.15, 0.2) is 0 Å². The Morgan fingerprint density at radius 3 is 2.58 bits per heavy atom. The Balaban J connectivity index is 2.99. The van der Waals surface area contributed by atoms with E-state index in [4.69, 9.17) is 0 Å². The highest BCUT2D eigenvalue weighted by Crippen LogP contribution is 2.07. The van der Waals surface area contributed by atoms with E-state index in [0.717, 1.165) is 0 Å². The molecule has 0 unspecified atom stereocenters. The highest BCUT2D eigenvalue weighted by atomic mass is 32.3. The lowest BCUT2D eigenvalue weighted by atomic mass is 10.5. The summed E-state index contributed by atoms with van der Waals surface area (Å²) in [4.78, 5) is 3.83. The molecular formula is C6H9FN2O2S. The molecule has 4 nitrogen and oxygen atoms in total. The first-order chi connectivity index (χ1) is 5.40. The van der Waals surface area contributed by atoms with E-state index in [1.165, 1.54) is 10.8 Å². The summed E-state index contributed by atoms with van der Waals surface area (Å²) in [6.07, 6.45) is 1.35. The molecule has 0 N–H and O–H groups in total. The number of hydrogen-bond acceptors (Lipinski definition) is 3. The van der Waals surface area contributed by atoms with Gasteiger partial charge in [-0.2, -0.15) is 8.42 Å². The minimum atomic E-state index is -4.45. The number of halogens is 1. The van der Waals surface area contributed by atoms with E-state index in [-0.39, 0.29) is 0 Å². The summed E-state index contributed by atoms with van der Waals surface area (Å²) < 4.78 is 34.2. The Morgan fingerprint density at radius 1 is 1.67 bits per heavy atom. The van der Waals surface area contributed by atoms with Gasteiger partial charge in [0.1, 0.15) is 11.6 Å². The Bertz CT molecular complexity index is 382. The Labute approximate surface area is 70.3 Å². The predicted molar refractivity (Wildman–Crippen MR) is 41.7 cm³/mol. The number of rotatable bonds is 2. The van der Waals surface area contributed by atoms with E-state index < -0.39 is 16.0 Å². The van der Waals surface area contributed by atoms with Crippen LogP contribution in [0.4, 0.5) is 3.89 Å². The van der Waals surface area contributed by atoms with Gasteiger partial charge in [0.2, 0.25) is 0 Å². The monoisotopic (exact) mass is 192 g/mol. The molecule has 68 valence electrons. The molecule has 0 spiro atoms. The number of imidazole rings is 1. The van der Waals surface area contributed by atoms with Gasteiger partial charge in [-0.25, -0.2) is 4.98 Å². The van der Waals surface area contributed by atoms with Gasteiger partial charge in [-0.15, -0.1) is 3.89 Å². The first-order valence-electron chi connectivity index (χ1n) is 3.29. The fraction of sp³-hybridized carbons (Fsp3) is 0.500. The lowest BCUT2D eigenvalue weighted by Crippen LogP contribution is -2.03. The van der Waals surface area contributed by atoms with Crippen LogP contribution in [0.3, 0.4) is 0 Å². The molecule has 0 fully saturated rings. The van der Waals surface area contributed by atoms with Crippen molar-refractivity contribution in [2.24, 2.45) is 7.05 Å². The van der Waals surface area contributed by atoms with Crippen LogP contribution in [0.2, 0.25) is 0 Å². The van der Waals surface area contributed by atoms with Gasteiger partial charge in [-0.05, 0) is 6.92 Å². The van der Waals surface area contributed by atoms with E-state index >= 15 is 0 Å². The molecular weight excluding hydrogens is 183 g/mol. The Kier molecular flexibility index (Phi) is 2.18. The van der Waals surface area contributed by atoms with Crippen molar-refractivity contribution in [2.45, 2.75) is 12.7 Å². The maximum absolute atomic E-state index is 12.2. The van der Waals surface area contributed by atoms with Gasteiger partial charge in [0.25, 0.3) is 0 Å². The highest BCUT2D eigenvalue weighted by molar-refractivity contribution is 7.85. The molecule has 0 saturated carbocycles. The van der Waals surface area contributed by atoms with Crippen LogP contribution in [-0.4, -0.2) is 18.0 Å². The standard InChI is InChI=1S/C6H9FN2O2S/c1-5-8-3-6(9(5)2)4-12(7,10)11/h3H,4H2,1-2H3. The maximum atomic E-state index is 12.2. The molecule has 1 rings (SSSR count). The van der Waals surface area contributed by atoms with E-state index in [2.05, 4.69) is 4.98 Å². The van der Waals surface area contributed by atoms with Gasteiger partial charge in [0, 0.05) is 13.2 Å². The minimum absolute atomic E-state index is 0.356. The lowest BCUT2D eigenvalue weighted by Gasteiger charge is -1.99. The quantitative estimate of drug-likeness (QED) is 0.642. The molecule has 0 amide bonds. The molecule has 0 atom stereocenters. The maximum Gasteiger partial charge on any atom is 0.308 e. The third-order valence-electron chi connectivity index (χ3n) is 1.64. The minimum Gasteiger partial charge on any atom is -0.334 e. The van der Waals surface area contributed by atoms with Crippen molar-refractivity contribution in [2.75, 3.05) is 0 Å². The van der Waals surface area contributed by atoms with Crippen molar-refractivity contribution < 1.29 is 12.3 Å². The molecule has 0 aliphatic heterocycles. The zero-order valence-corrected chi connectivity index (χ0v) is 7.60. The topological polar surface area (TPSA) is 52.0 Å². The summed E-state index contributed by atoms with van der Waals surface area (Å²) in [5.74, 6) is 0.0540. The van der Waals surface area contributed by atoms with E-state index in [9.17, 15) is 12.3 Å². The number of aryl methyl sites for hydroxylation is 1. The van der Waals surface area contributed by atoms with Crippen LogP contribution in [0.1, 0.15) is 11.5 Å². The summed E-state index contributed by atoms with van der Waals surface area (Å²) >= 11 is 0. The zero-order chi connectivity index (χ0) is 9.35. The summed E-state index contributed by atoms with van der Waals surface area (Å²) in [7, 11) is -2.81. The molecule has 0 saturated heterocycles. The third kappa shape index (κ3) is 2.04. The van der Waals surface area contributed by atoms with E-state index in [0.29, 0.717) is 11.5 Å². The molecule has 0 aromatic carbocycles. The van der Waals surface area contributed by atoms with Gasteiger partial charge in [-0.1, -0.05) is 0 Å². The van der Waals surface area contributed by atoms with Gasteiger partial charge < -0.3 is 4.57 Å². The van der Waals surface area contributed by atoms with Crippen molar-refractivity contribution in [3.05, 3.63) is 17.7 Å². The Hall–Kier alpha value is -0.910. The molecule has 1 aromatic rings. The largest absolute Gasteiger partial charge is 0.334 e. The average molecular weight is 192 g/mol. The molecule has 0 bridgehead atoms. The van der Waals surface area contributed by atoms with E-state index in [1.807, 2.05) is 0 Å². The molecule has 1 heterocycles. The second-order valence-electron chi connectivity index (χ2n) is 2.54. The SMILES string of the molecule is Cc1ncc(CS(=O)(=O)F)n1C. The van der Waals surface area contributed by atoms with Gasteiger partial charge in [0.05, 0.1) is 5.69 Å². The van der Waals surface area contributed by atoms with Crippen molar-refractivity contribution in [1.29, 1.82) is 0 Å². The summed E-state index contributed by atoms with van der Waals surface area (Å²) in [5.41, 5.74) is 0.356. The number of nitrogens with zero attached hydrogens (tertiary/aromatic N) is 2. The van der Waals surface area contributed by atoms with Crippen LogP contribution < -0.4 is 0 Å². The van der Waals surface area contributed by atoms with Crippen LogP contribution in [0, 0.1) is 6.92 Å². The molecule has 12 heavy (non-hydrogen) atoms. The van der Waals surface area contributed by atoms with Crippen molar-refractivity contribution in [3.63, 3.8) is 0 Å². The van der Waals surface area contributed by atoms with Gasteiger partial charge >= 0.3 is 10.2 Å². The predicted octanol–water partition coefficient (Wildman–Crippen LogP) is 0.528. The lowest BCUT2D eigenvalue weighted by molar-refractivity contribution is 0.549. The second kappa shape index (κ2) is 2.85. The fourth-order valence-electron chi connectivity index (χ4n) is 0.860. The smallest absolute Gasteiger partial charge is 0.308 e. The van der Waals surface area contributed by atoms with Crippen LogP contribution >= 0.6 is 0 Å². The average Bonchev–Trinajstić information content (AvgIpc) is 2.16. The molecule has 0 aliphatic carbocycles. The molecule has 0 radical (unpaired) electrons. The van der Waals surface area contributed by atoms with Gasteiger partial charge in [-0.3, -0.25) is 0 Å². The summed E-state index contributed by atoms with van der Waals surface area (Å²) in [6, 6.07) is 0. The number of aromatic nitrogens is 2. The van der Waals surface area contributed by atoms with Crippen LogP contribution in [0.25, 0.3) is 0 Å². The molecule has 0 aliphatic rings. The van der Waals surface area contributed by atoms with Crippen molar-refractivity contribution in [1.82, 2.24) is 9.55 Å². The molecule has 6 heteroatoms. The van der Waals surface area contributed by atoms with Crippen LogP contribution in [0.5, 0.6) is 0 Å². The first-order valence-corrected chi connectivity index (χ1v) is 4.85. The molecule has 1 aromatic heterocycles. The van der Waals surface area contributed by atoms with Crippen molar-refractivity contribution >= 4 is 10.2 Å². The second-order valence-corrected chi connectivity index (χ2v) is 3.91. The summed E-state index contributed by atoms with van der Waals surface area (Å²) in [6.45, 7) is 1.72. The van der Waals surface area contributed by atoms with Crippen LogP contribution in [-0.2, 0) is 23.0 Å². The number of hydrogen-bond donors (Lipinski definition) is 0. The van der Waals surface area contributed by atoms with E-state index in [1.54, 1.807) is 14.0 Å². The third-order valence-corrected chi connectivity index (χ3v) is 2.28. The van der Waals surface area contributed by atoms with Crippen LogP contribution in [0.15, 0.2) is 6.20 Å².